The SMILES string of the molecule is C=CCn1c(C)c(C(N)=O)c(-c2ccc3c(c2)OCCO3)c1CCCC. The lowest BCUT2D eigenvalue weighted by Gasteiger charge is -2.19. The van der Waals surface area contributed by atoms with Gasteiger partial charge in [-0.05, 0) is 37.5 Å². The minimum Gasteiger partial charge on any atom is -0.486 e. The van der Waals surface area contributed by atoms with Crippen molar-refractivity contribution in [2.45, 2.75) is 39.7 Å². The van der Waals surface area contributed by atoms with Crippen LogP contribution in [0.1, 0.15) is 41.5 Å². The van der Waals surface area contributed by atoms with Crippen LogP contribution in [0.2, 0.25) is 0 Å². The van der Waals surface area contributed by atoms with Gasteiger partial charge < -0.3 is 19.8 Å². The molecule has 0 fully saturated rings. The minimum atomic E-state index is -0.409. The second kappa shape index (κ2) is 7.68. The Kier molecular flexibility index (Phi) is 5.35. The Morgan fingerprint density at radius 2 is 2.04 bits per heavy atom. The summed E-state index contributed by atoms with van der Waals surface area (Å²) in [5.74, 6) is 1.03. The maximum absolute atomic E-state index is 12.3. The highest BCUT2D eigenvalue weighted by Gasteiger charge is 2.25. The van der Waals surface area contributed by atoms with Gasteiger partial charge in [-0.15, -0.1) is 6.58 Å². The number of carbonyl (C=O) groups is 1. The highest BCUT2D eigenvalue weighted by atomic mass is 16.6. The number of benzene rings is 1. The summed E-state index contributed by atoms with van der Waals surface area (Å²) >= 11 is 0. The van der Waals surface area contributed by atoms with E-state index in [2.05, 4.69) is 18.1 Å². The summed E-state index contributed by atoms with van der Waals surface area (Å²) in [6.07, 6.45) is 4.84. The van der Waals surface area contributed by atoms with Crippen molar-refractivity contribution in [3.8, 4) is 22.6 Å². The quantitative estimate of drug-likeness (QED) is 0.768. The number of unbranched alkanes of at least 4 members (excludes halogenated alkanes) is 1. The maximum Gasteiger partial charge on any atom is 0.251 e. The van der Waals surface area contributed by atoms with Crippen LogP contribution in [0.25, 0.3) is 11.1 Å². The third-order valence-corrected chi connectivity index (χ3v) is 4.79. The number of hydrogen-bond donors (Lipinski definition) is 1. The first-order valence-corrected chi connectivity index (χ1v) is 9.11. The molecular weight excluding hydrogens is 328 g/mol. The number of rotatable bonds is 7. The van der Waals surface area contributed by atoms with Crippen molar-refractivity contribution in [1.82, 2.24) is 4.57 Å². The van der Waals surface area contributed by atoms with Gasteiger partial charge in [-0.3, -0.25) is 4.79 Å². The second-order valence-electron chi connectivity index (χ2n) is 6.51. The Hall–Kier alpha value is -2.69. The van der Waals surface area contributed by atoms with Crippen LogP contribution >= 0.6 is 0 Å². The summed E-state index contributed by atoms with van der Waals surface area (Å²) in [7, 11) is 0. The zero-order chi connectivity index (χ0) is 18.7. The van der Waals surface area contributed by atoms with E-state index < -0.39 is 5.91 Å². The average molecular weight is 354 g/mol. The highest BCUT2D eigenvalue weighted by molar-refractivity contribution is 6.02. The number of nitrogens with two attached hydrogens (primary N) is 1. The Bertz CT molecular complexity index is 836. The van der Waals surface area contributed by atoms with Crippen molar-refractivity contribution in [3.05, 3.63) is 47.8 Å². The summed E-state index contributed by atoms with van der Waals surface area (Å²) in [6, 6.07) is 5.82. The molecule has 5 nitrogen and oxygen atoms in total. The topological polar surface area (TPSA) is 66.5 Å². The van der Waals surface area contributed by atoms with E-state index in [1.54, 1.807) is 0 Å². The number of fused-ring (bicyclic) bond motifs is 1. The molecule has 1 aliphatic rings. The van der Waals surface area contributed by atoms with Gasteiger partial charge in [0, 0.05) is 23.5 Å². The number of carbonyl (C=O) groups excluding carboxylic acids is 1. The molecule has 0 spiro atoms. The molecule has 0 saturated carbocycles. The molecule has 0 bridgehead atoms. The molecule has 0 atom stereocenters. The molecule has 1 amide bonds. The van der Waals surface area contributed by atoms with E-state index in [1.807, 2.05) is 31.2 Å². The lowest BCUT2D eigenvalue weighted by atomic mass is 9.97. The summed E-state index contributed by atoms with van der Waals surface area (Å²) in [5.41, 5.74) is 10.2. The summed E-state index contributed by atoms with van der Waals surface area (Å²) in [4.78, 5) is 12.3. The standard InChI is InChI=1S/C21H26N2O3/c1-4-6-7-16-20(19(21(22)24)14(3)23(16)10-5-2)15-8-9-17-18(13-15)26-12-11-25-17/h5,8-9,13H,2,4,6-7,10-12H2,1,3H3,(H2,22,24). The van der Waals surface area contributed by atoms with Crippen molar-refractivity contribution in [1.29, 1.82) is 0 Å². The van der Waals surface area contributed by atoms with Crippen molar-refractivity contribution in [2.75, 3.05) is 13.2 Å². The number of nitrogens with zero attached hydrogens (tertiary/aromatic N) is 1. The molecule has 0 saturated heterocycles. The van der Waals surface area contributed by atoms with Crippen LogP contribution in [-0.4, -0.2) is 23.7 Å². The number of aromatic nitrogens is 1. The molecule has 26 heavy (non-hydrogen) atoms. The molecule has 2 N–H and O–H groups in total. The summed E-state index contributed by atoms with van der Waals surface area (Å²) in [5, 5.41) is 0. The summed E-state index contributed by atoms with van der Waals surface area (Å²) in [6.45, 7) is 9.69. The zero-order valence-corrected chi connectivity index (χ0v) is 15.5. The third-order valence-electron chi connectivity index (χ3n) is 4.79. The minimum absolute atomic E-state index is 0.409. The highest BCUT2D eigenvalue weighted by Crippen LogP contribution is 2.39. The van der Waals surface area contributed by atoms with Gasteiger partial charge >= 0.3 is 0 Å². The zero-order valence-electron chi connectivity index (χ0n) is 15.5. The maximum atomic E-state index is 12.3. The van der Waals surface area contributed by atoms with Crippen LogP contribution in [0, 0.1) is 6.92 Å². The van der Waals surface area contributed by atoms with Crippen LogP contribution in [0.5, 0.6) is 11.5 Å². The van der Waals surface area contributed by atoms with E-state index in [9.17, 15) is 4.79 Å². The van der Waals surface area contributed by atoms with E-state index in [0.717, 1.165) is 47.5 Å². The van der Waals surface area contributed by atoms with Crippen LogP contribution in [0.15, 0.2) is 30.9 Å². The molecule has 0 radical (unpaired) electrons. The van der Waals surface area contributed by atoms with Crippen molar-refractivity contribution >= 4 is 5.91 Å². The van der Waals surface area contributed by atoms with E-state index in [0.29, 0.717) is 31.1 Å². The molecule has 3 rings (SSSR count). The van der Waals surface area contributed by atoms with Gasteiger partial charge in [-0.2, -0.15) is 0 Å². The molecule has 2 heterocycles. The first-order chi connectivity index (χ1) is 12.6. The van der Waals surface area contributed by atoms with Crippen molar-refractivity contribution < 1.29 is 14.3 Å². The van der Waals surface area contributed by atoms with Gasteiger partial charge in [-0.1, -0.05) is 25.5 Å². The van der Waals surface area contributed by atoms with E-state index in [-0.39, 0.29) is 0 Å². The third kappa shape index (κ3) is 3.21. The predicted molar refractivity (Wildman–Crippen MR) is 103 cm³/mol. The van der Waals surface area contributed by atoms with Crippen molar-refractivity contribution in [3.63, 3.8) is 0 Å². The van der Waals surface area contributed by atoms with E-state index >= 15 is 0 Å². The van der Waals surface area contributed by atoms with Gasteiger partial charge in [0.05, 0.1) is 5.56 Å². The lowest BCUT2D eigenvalue weighted by molar-refractivity contribution is 0.1000. The number of ether oxygens (including phenoxy) is 2. The molecule has 1 aromatic carbocycles. The fourth-order valence-corrected chi connectivity index (χ4v) is 3.59. The molecule has 138 valence electrons. The molecule has 2 aromatic rings. The number of hydrogen-bond acceptors (Lipinski definition) is 3. The van der Waals surface area contributed by atoms with Gasteiger partial charge in [0.25, 0.3) is 5.91 Å². The molecule has 0 unspecified atom stereocenters. The fourth-order valence-electron chi connectivity index (χ4n) is 3.59. The van der Waals surface area contributed by atoms with Gasteiger partial charge in [0.2, 0.25) is 0 Å². The monoisotopic (exact) mass is 354 g/mol. The van der Waals surface area contributed by atoms with Gasteiger partial charge in [-0.25, -0.2) is 0 Å². The lowest BCUT2D eigenvalue weighted by Crippen LogP contribution is -2.15. The Balaban J connectivity index is 2.22. The number of allylic oxidation sites excluding steroid dienone is 1. The van der Waals surface area contributed by atoms with Gasteiger partial charge in [0.1, 0.15) is 13.2 Å². The Morgan fingerprint density at radius 1 is 1.31 bits per heavy atom. The molecular formula is C21H26N2O3. The average Bonchev–Trinajstić information content (AvgIpc) is 2.92. The molecule has 0 aliphatic carbocycles. The molecule has 1 aliphatic heterocycles. The number of amides is 1. The number of primary amides is 1. The fraction of sp³-hybridized carbons (Fsp3) is 0.381. The normalized spacial score (nSPS) is 12.8. The van der Waals surface area contributed by atoms with Crippen LogP contribution in [-0.2, 0) is 13.0 Å². The molecule has 1 aromatic heterocycles. The first kappa shape index (κ1) is 18.1. The van der Waals surface area contributed by atoms with Crippen LogP contribution in [0.4, 0.5) is 0 Å². The largest absolute Gasteiger partial charge is 0.486 e. The van der Waals surface area contributed by atoms with Crippen LogP contribution in [0.3, 0.4) is 0 Å². The first-order valence-electron chi connectivity index (χ1n) is 9.11. The Labute approximate surface area is 154 Å². The Morgan fingerprint density at radius 3 is 2.69 bits per heavy atom. The van der Waals surface area contributed by atoms with E-state index in [1.165, 1.54) is 0 Å². The smallest absolute Gasteiger partial charge is 0.251 e. The second-order valence-corrected chi connectivity index (χ2v) is 6.51. The van der Waals surface area contributed by atoms with Crippen molar-refractivity contribution in [2.24, 2.45) is 5.73 Å². The van der Waals surface area contributed by atoms with E-state index in [4.69, 9.17) is 15.2 Å². The predicted octanol–water partition coefficient (Wildman–Crippen LogP) is 3.86. The van der Waals surface area contributed by atoms with Crippen LogP contribution < -0.4 is 15.2 Å². The molecule has 5 heteroatoms. The summed E-state index contributed by atoms with van der Waals surface area (Å²) < 4.78 is 13.5. The van der Waals surface area contributed by atoms with Gasteiger partial charge in [0.15, 0.2) is 11.5 Å².